The molecule has 1 aromatic rings. The van der Waals surface area contributed by atoms with Crippen LogP contribution in [0.15, 0.2) is 42.0 Å². The first-order valence-corrected chi connectivity index (χ1v) is 19.8. The SMILES string of the molecule is CC[Si](CC)(CC)O[C@H]1CC=C(CC[C@H](COc2ccccc2)O[Si](C)(C)C(C)(C)C)[C@H]1CCCO. The van der Waals surface area contributed by atoms with Crippen LogP contribution in [-0.2, 0) is 8.85 Å². The highest BCUT2D eigenvalue weighted by atomic mass is 28.4. The Morgan fingerprint density at radius 2 is 1.67 bits per heavy atom. The summed E-state index contributed by atoms with van der Waals surface area (Å²) < 4.78 is 20.1. The summed E-state index contributed by atoms with van der Waals surface area (Å²) in [6.45, 7) is 19.3. The van der Waals surface area contributed by atoms with E-state index in [-0.39, 0.29) is 23.9 Å². The van der Waals surface area contributed by atoms with Crippen LogP contribution in [0.3, 0.4) is 0 Å². The number of aliphatic hydroxyl groups is 1. The summed E-state index contributed by atoms with van der Waals surface area (Å²) in [7, 11) is -3.61. The second-order valence-electron chi connectivity index (χ2n) is 12.0. The normalized spacial score (nSPS) is 19.9. The molecule has 6 heteroatoms. The summed E-state index contributed by atoms with van der Waals surface area (Å²) in [6, 6.07) is 13.6. The number of aliphatic hydroxyl groups excluding tert-OH is 1. The van der Waals surface area contributed by atoms with E-state index in [4.69, 9.17) is 13.6 Å². The Hall–Kier alpha value is -0.926. The fraction of sp³-hybridized carbons (Fsp3) is 0.733. The van der Waals surface area contributed by atoms with Crippen LogP contribution in [0, 0.1) is 5.92 Å². The quantitative estimate of drug-likeness (QED) is 0.171. The summed E-state index contributed by atoms with van der Waals surface area (Å²) in [6.07, 6.45) is 7.57. The first-order chi connectivity index (χ1) is 17.0. The molecular formula is C30H54O4Si2. The Labute approximate surface area is 224 Å². The highest BCUT2D eigenvalue weighted by Gasteiger charge is 2.40. The maximum Gasteiger partial charge on any atom is 0.192 e. The van der Waals surface area contributed by atoms with Crippen molar-refractivity contribution in [3.63, 3.8) is 0 Å². The molecule has 0 fully saturated rings. The van der Waals surface area contributed by atoms with E-state index >= 15 is 0 Å². The summed E-state index contributed by atoms with van der Waals surface area (Å²) in [5.74, 6) is 1.31. The van der Waals surface area contributed by atoms with Gasteiger partial charge < -0.3 is 18.7 Å². The Morgan fingerprint density at radius 1 is 1.03 bits per heavy atom. The minimum atomic E-state index is -1.93. The van der Waals surface area contributed by atoms with Crippen molar-refractivity contribution in [3.05, 3.63) is 42.0 Å². The molecule has 3 atom stereocenters. The maximum atomic E-state index is 9.59. The van der Waals surface area contributed by atoms with Crippen LogP contribution in [0.1, 0.15) is 73.6 Å². The van der Waals surface area contributed by atoms with Gasteiger partial charge in [-0.15, -0.1) is 0 Å². The van der Waals surface area contributed by atoms with Crippen molar-refractivity contribution in [3.8, 4) is 5.75 Å². The van der Waals surface area contributed by atoms with Crippen LogP contribution < -0.4 is 4.74 Å². The van der Waals surface area contributed by atoms with Gasteiger partial charge in [0.1, 0.15) is 12.4 Å². The molecule has 36 heavy (non-hydrogen) atoms. The Morgan fingerprint density at radius 3 is 2.22 bits per heavy atom. The van der Waals surface area contributed by atoms with Gasteiger partial charge in [0, 0.05) is 12.5 Å². The van der Waals surface area contributed by atoms with Gasteiger partial charge in [-0.1, -0.05) is 71.4 Å². The molecule has 0 saturated carbocycles. The Balaban J connectivity index is 2.13. The minimum absolute atomic E-state index is 0.0563. The molecule has 1 aromatic carbocycles. The second-order valence-corrected chi connectivity index (χ2v) is 21.5. The standard InChI is InChI=1S/C30H54O4Si2/c1-9-36(10-2,11-3)34-29-22-20-25(28(29)18-15-23-31)19-21-27(33-35(7,8)30(4,5)6)24-32-26-16-13-12-14-17-26/h12-14,16-17,20,27-29,31H,9-11,15,18-19,21-24H2,1-8H3/t27-,28-,29+/m1/s1. The number of ether oxygens (including phenoxy) is 1. The third kappa shape index (κ3) is 8.83. The molecule has 0 bridgehead atoms. The Bertz CT molecular complexity index is 776. The van der Waals surface area contributed by atoms with Gasteiger partial charge in [0.15, 0.2) is 16.6 Å². The predicted octanol–water partition coefficient (Wildman–Crippen LogP) is 8.35. The molecule has 0 amide bonds. The average molecular weight is 535 g/mol. The molecule has 1 aliphatic carbocycles. The molecule has 0 aromatic heterocycles. The van der Waals surface area contributed by atoms with Crippen LogP contribution in [0.2, 0.25) is 36.3 Å². The number of para-hydroxylation sites is 1. The summed E-state index contributed by atoms with van der Waals surface area (Å²) >= 11 is 0. The van der Waals surface area contributed by atoms with Crippen molar-refractivity contribution in [1.82, 2.24) is 0 Å². The summed E-state index contributed by atoms with van der Waals surface area (Å²) in [5, 5.41) is 9.74. The van der Waals surface area contributed by atoms with Gasteiger partial charge in [-0.2, -0.15) is 0 Å². The second kappa shape index (κ2) is 14.3. The van der Waals surface area contributed by atoms with Crippen LogP contribution in [0.25, 0.3) is 0 Å². The van der Waals surface area contributed by atoms with Gasteiger partial charge in [0.05, 0.1) is 12.2 Å². The molecule has 4 nitrogen and oxygen atoms in total. The smallest absolute Gasteiger partial charge is 0.192 e. The van der Waals surface area contributed by atoms with E-state index in [1.807, 2.05) is 30.3 Å². The van der Waals surface area contributed by atoms with E-state index in [0.717, 1.165) is 37.9 Å². The molecule has 0 radical (unpaired) electrons. The van der Waals surface area contributed by atoms with Gasteiger partial charge in [-0.25, -0.2) is 0 Å². The highest BCUT2D eigenvalue weighted by molar-refractivity contribution is 6.74. The lowest BCUT2D eigenvalue weighted by Gasteiger charge is -2.39. The lowest BCUT2D eigenvalue weighted by molar-refractivity contribution is 0.105. The van der Waals surface area contributed by atoms with E-state index in [1.54, 1.807) is 0 Å². The van der Waals surface area contributed by atoms with E-state index in [1.165, 1.54) is 23.7 Å². The van der Waals surface area contributed by atoms with Gasteiger partial charge in [-0.3, -0.25) is 0 Å². The van der Waals surface area contributed by atoms with E-state index < -0.39 is 16.6 Å². The number of hydrogen-bond acceptors (Lipinski definition) is 4. The van der Waals surface area contributed by atoms with Crippen molar-refractivity contribution >= 4 is 16.6 Å². The lowest BCUT2D eigenvalue weighted by atomic mass is 9.90. The molecule has 1 N–H and O–H groups in total. The minimum Gasteiger partial charge on any atom is -0.491 e. The summed E-state index contributed by atoms with van der Waals surface area (Å²) in [4.78, 5) is 0. The molecule has 0 spiro atoms. The molecule has 206 valence electrons. The van der Waals surface area contributed by atoms with Crippen LogP contribution >= 0.6 is 0 Å². The molecule has 0 aliphatic heterocycles. The molecule has 0 heterocycles. The van der Waals surface area contributed by atoms with Crippen molar-refractivity contribution in [2.45, 2.75) is 122 Å². The fourth-order valence-electron chi connectivity index (χ4n) is 5.05. The predicted molar refractivity (Wildman–Crippen MR) is 158 cm³/mol. The van der Waals surface area contributed by atoms with Gasteiger partial charge >= 0.3 is 0 Å². The highest BCUT2D eigenvalue weighted by Crippen LogP contribution is 2.41. The lowest BCUT2D eigenvalue weighted by Crippen LogP contribution is -2.45. The van der Waals surface area contributed by atoms with Gasteiger partial charge in [0.25, 0.3) is 0 Å². The van der Waals surface area contributed by atoms with Crippen LogP contribution in [-0.4, -0.2) is 47.2 Å². The fourth-order valence-corrected chi connectivity index (χ4v) is 9.32. The first kappa shape index (κ1) is 31.3. The maximum absolute atomic E-state index is 9.59. The molecular weight excluding hydrogens is 480 g/mol. The van der Waals surface area contributed by atoms with Crippen molar-refractivity contribution in [1.29, 1.82) is 0 Å². The van der Waals surface area contributed by atoms with Gasteiger partial charge in [-0.05, 0) is 80.5 Å². The first-order valence-electron chi connectivity index (χ1n) is 14.3. The number of hydrogen-bond donors (Lipinski definition) is 1. The molecule has 0 unspecified atom stereocenters. The number of benzene rings is 1. The zero-order chi connectivity index (χ0) is 26.8. The molecule has 0 saturated heterocycles. The zero-order valence-electron chi connectivity index (χ0n) is 24.4. The van der Waals surface area contributed by atoms with E-state index in [9.17, 15) is 5.11 Å². The largest absolute Gasteiger partial charge is 0.491 e. The molecule has 2 rings (SSSR count). The van der Waals surface area contributed by atoms with Crippen LogP contribution in [0.4, 0.5) is 0 Å². The summed E-state index contributed by atoms with van der Waals surface area (Å²) in [5.41, 5.74) is 1.50. The van der Waals surface area contributed by atoms with E-state index in [0.29, 0.717) is 12.5 Å². The molecule has 1 aliphatic rings. The van der Waals surface area contributed by atoms with Crippen molar-refractivity contribution < 1.29 is 18.7 Å². The Kier molecular flexibility index (Phi) is 12.4. The topological polar surface area (TPSA) is 47.9 Å². The number of rotatable bonds is 16. The van der Waals surface area contributed by atoms with Crippen LogP contribution in [0.5, 0.6) is 5.75 Å². The van der Waals surface area contributed by atoms with Gasteiger partial charge in [0.2, 0.25) is 0 Å². The van der Waals surface area contributed by atoms with E-state index in [2.05, 4.69) is 60.7 Å². The zero-order valence-corrected chi connectivity index (χ0v) is 26.4. The van der Waals surface area contributed by atoms with Crippen molar-refractivity contribution in [2.75, 3.05) is 13.2 Å². The third-order valence-corrected chi connectivity index (χ3v) is 18.0. The monoisotopic (exact) mass is 534 g/mol. The third-order valence-electron chi connectivity index (χ3n) is 8.75. The average Bonchev–Trinajstić information content (AvgIpc) is 3.23. The van der Waals surface area contributed by atoms with Crippen molar-refractivity contribution in [2.24, 2.45) is 5.92 Å².